The van der Waals surface area contributed by atoms with Crippen LogP contribution in [0.5, 0.6) is 5.75 Å². The molecule has 0 atom stereocenters. The highest BCUT2D eigenvalue weighted by molar-refractivity contribution is 5.86. The third-order valence-electron chi connectivity index (χ3n) is 3.86. The Bertz CT molecular complexity index is 986. The Balaban J connectivity index is 1.51. The first-order valence-corrected chi connectivity index (χ1v) is 8.47. The summed E-state index contributed by atoms with van der Waals surface area (Å²) < 4.78 is 5.43. The lowest BCUT2D eigenvalue weighted by molar-refractivity contribution is -0.385. The number of nitrogens with zero attached hydrogens (tertiary/aromatic N) is 2. The average Bonchev–Trinajstić information content (AvgIpc) is 2.73. The predicted octanol–water partition coefficient (Wildman–Crippen LogP) is 3.79. The quantitative estimate of drug-likeness (QED) is 0.386. The SMILES string of the molecule is O=C(COc1ccc(-c2ccccc2)cc1)N/N=C/c1ccccc1[N+](=O)[O-]. The molecule has 0 radical (unpaired) electrons. The number of benzene rings is 3. The predicted molar refractivity (Wildman–Crippen MR) is 106 cm³/mol. The van der Waals surface area contributed by atoms with Crippen molar-refractivity contribution in [3.63, 3.8) is 0 Å². The van der Waals surface area contributed by atoms with E-state index in [4.69, 9.17) is 4.74 Å². The van der Waals surface area contributed by atoms with Gasteiger partial charge in [0.1, 0.15) is 5.75 Å². The summed E-state index contributed by atoms with van der Waals surface area (Å²) in [7, 11) is 0. The third kappa shape index (κ3) is 5.01. The van der Waals surface area contributed by atoms with E-state index in [9.17, 15) is 14.9 Å². The van der Waals surface area contributed by atoms with Crippen molar-refractivity contribution in [2.24, 2.45) is 5.10 Å². The summed E-state index contributed by atoms with van der Waals surface area (Å²) in [6, 6.07) is 23.4. The van der Waals surface area contributed by atoms with Gasteiger partial charge in [-0.2, -0.15) is 5.10 Å². The molecule has 7 nitrogen and oxygen atoms in total. The van der Waals surface area contributed by atoms with Crippen molar-refractivity contribution in [3.05, 3.63) is 94.5 Å². The van der Waals surface area contributed by atoms with E-state index in [1.165, 1.54) is 12.3 Å². The number of hydrogen-bond acceptors (Lipinski definition) is 5. The molecule has 3 aromatic rings. The van der Waals surface area contributed by atoms with Crippen LogP contribution in [0.25, 0.3) is 11.1 Å². The van der Waals surface area contributed by atoms with Crippen molar-refractivity contribution in [3.8, 4) is 16.9 Å². The van der Waals surface area contributed by atoms with Crippen LogP contribution in [0.2, 0.25) is 0 Å². The molecule has 0 heterocycles. The minimum atomic E-state index is -0.509. The first kappa shape index (κ1) is 18.8. The summed E-state index contributed by atoms with van der Waals surface area (Å²) >= 11 is 0. The van der Waals surface area contributed by atoms with E-state index in [1.807, 2.05) is 42.5 Å². The normalized spacial score (nSPS) is 10.6. The van der Waals surface area contributed by atoms with Crippen LogP contribution in [0, 0.1) is 10.1 Å². The van der Waals surface area contributed by atoms with Gasteiger partial charge in [-0.3, -0.25) is 14.9 Å². The number of nitro groups is 1. The lowest BCUT2D eigenvalue weighted by atomic mass is 10.1. The Morgan fingerprint density at radius 3 is 2.32 bits per heavy atom. The number of carbonyl (C=O) groups excluding carboxylic acids is 1. The average molecular weight is 375 g/mol. The van der Waals surface area contributed by atoms with Crippen LogP contribution in [0.3, 0.4) is 0 Å². The van der Waals surface area contributed by atoms with Crippen LogP contribution < -0.4 is 10.2 Å². The number of ether oxygens (including phenoxy) is 1. The standard InChI is InChI=1S/C21H17N3O4/c25-21(23-22-14-18-8-4-5-9-20(18)24(26)27)15-28-19-12-10-17(11-13-19)16-6-2-1-3-7-16/h1-14H,15H2,(H,23,25)/b22-14+. The first-order valence-electron chi connectivity index (χ1n) is 8.47. The number of para-hydroxylation sites is 1. The smallest absolute Gasteiger partial charge is 0.278 e. The molecule has 0 spiro atoms. The molecule has 0 aliphatic carbocycles. The van der Waals surface area contributed by atoms with Crippen molar-refractivity contribution in [2.45, 2.75) is 0 Å². The number of nitrogens with one attached hydrogen (secondary N) is 1. The largest absolute Gasteiger partial charge is 0.484 e. The van der Waals surface area contributed by atoms with Crippen LogP contribution in [-0.4, -0.2) is 23.7 Å². The molecular weight excluding hydrogens is 358 g/mol. The highest BCUT2D eigenvalue weighted by Crippen LogP contribution is 2.22. The van der Waals surface area contributed by atoms with Crippen LogP contribution in [-0.2, 0) is 4.79 Å². The number of carbonyl (C=O) groups is 1. The lowest BCUT2D eigenvalue weighted by Gasteiger charge is -2.06. The summed E-state index contributed by atoms with van der Waals surface area (Å²) in [6.45, 7) is -0.223. The van der Waals surface area contributed by atoms with E-state index in [0.29, 0.717) is 11.3 Å². The molecule has 1 amide bonds. The number of rotatable bonds is 7. The lowest BCUT2D eigenvalue weighted by Crippen LogP contribution is -2.24. The fraction of sp³-hybridized carbons (Fsp3) is 0.0476. The van der Waals surface area contributed by atoms with E-state index >= 15 is 0 Å². The molecule has 28 heavy (non-hydrogen) atoms. The van der Waals surface area contributed by atoms with Gasteiger partial charge in [0, 0.05) is 6.07 Å². The van der Waals surface area contributed by atoms with Gasteiger partial charge in [0.25, 0.3) is 11.6 Å². The zero-order valence-electron chi connectivity index (χ0n) is 14.8. The number of amides is 1. The molecule has 0 aliphatic rings. The highest BCUT2D eigenvalue weighted by Gasteiger charge is 2.10. The maximum Gasteiger partial charge on any atom is 0.278 e. The van der Waals surface area contributed by atoms with Gasteiger partial charge < -0.3 is 4.74 Å². The number of hydrogen-bond donors (Lipinski definition) is 1. The van der Waals surface area contributed by atoms with Crippen molar-refractivity contribution in [2.75, 3.05) is 6.61 Å². The van der Waals surface area contributed by atoms with E-state index < -0.39 is 10.8 Å². The maximum absolute atomic E-state index is 11.8. The Kier molecular flexibility index (Phi) is 6.10. The molecular formula is C21H17N3O4. The Morgan fingerprint density at radius 2 is 1.61 bits per heavy atom. The first-order chi connectivity index (χ1) is 13.6. The molecule has 3 aromatic carbocycles. The molecule has 0 unspecified atom stereocenters. The third-order valence-corrected chi connectivity index (χ3v) is 3.86. The minimum absolute atomic E-state index is 0.0877. The second kappa shape index (κ2) is 9.09. The topological polar surface area (TPSA) is 93.8 Å². The van der Waals surface area contributed by atoms with E-state index in [1.54, 1.807) is 30.3 Å². The Hall–Kier alpha value is -4.00. The molecule has 0 aliphatic heterocycles. The van der Waals surface area contributed by atoms with E-state index in [-0.39, 0.29) is 12.3 Å². The van der Waals surface area contributed by atoms with Crippen molar-refractivity contribution < 1.29 is 14.5 Å². The second-order valence-corrected chi connectivity index (χ2v) is 5.79. The molecule has 7 heteroatoms. The van der Waals surface area contributed by atoms with Gasteiger partial charge in [0.2, 0.25) is 0 Å². The van der Waals surface area contributed by atoms with Gasteiger partial charge in [-0.15, -0.1) is 0 Å². The maximum atomic E-state index is 11.8. The monoisotopic (exact) mass is 375 g/mol. The Labute approximate surface area is 161 Å². The minimum Gasteiger partial charge on any atom is -0.484 e. The van der Waals surface area contributed by atoms with Gasteiger partial charge >= 0.3 is 0 Å². The highest BCUT2D eigenvalue weighted by atomic mass is 16.6. The zero-order chi connectivity index (χ0) is 19.8. The van der Waals surface area contributed by atoms with Gasteiger partial charge in [0.15, 0.2) is 6.61 Å². The molecule has 0 bridgehead atoms. The van der Waals surface area contributed by atoms with E-state index in [2.05, 4.69) is 10.5 Å². The Morgan fingerprint density at radius 1 is 0.964 bits per heavy atom. The summed E-state index contributed by atoms with van der Waals surface area (Å²) in [4.78, 5) is 22.3. The van der Waals surface area contributed by atoms with Gasteiger partial charge in [-0.1, -0.05) is 54.6 Å². The van der Waals surface area contributed by atoms with E-state index in [0.717, 1.165) is 11.1 Å². The molecule has 0 fully saturated rings. The van der Waals surface area contributed by atoms with Crippen LogP contribution in [0.1, 0.15) is 5.56 Å². The van der Waals surface area contributed by atoms with Crippen molar-refractivity contribution in [1.29, 1.82) is 0 Å². The van der Waals surface area contributed by atoms with Gasteiger partial charge in [-0.05, 0) is 29.3 Å². The molecule has 0 saturated carbocycles. The van der Waals surface area contributed by atoms with Gasteiger partial charge in [0.05, 0.1) is 16.7 Å². The zero-order valence-corrected chi connectivity index (χ0v) is 14.8. The fourth-order valence-electron chi connectivity index (χ4n) is 2.49. The molecule has 0 aromatic heterocycles. The van der Waals surface area contributed by atoms with Crippen LogP contribution in [0.15, 0.2) is 84.0 Å². The fourth-order valence-corrected chi connectivity index (χ4v) is 2.49. The molecule has 3 rings (SSSR count). The van der Waals surface area contributed by atoms with Crippen molar-refractivity contribution >= 4 is 17.8 Å². The molecule has 1 N–H and O–H groups in total. The molecule has 0 saturated heterocycles. The van der Waals surface area contributed by atoms with Gasteiger partial charge in [-0.25, -0.2) is 5.43 Å². The second-order valence-electron chi connectivity index (χ2n) is 5.79. The summed E-state index contributed by atoms with van der Waals surface area (Å²) in [6.07, 6.45) is 1.23. The summed E-state index contributed by atoms with van der Waals surface area (Å²) in [5.41, 5.74) is 4.64. The summed E-state index contributed by atoms with van der Waals surface area (Å²) in [5.74, 6) is 0.0829. The molecule has 140 valence electrons. The van der Waals surface area contributed by atoms with Crippen LogP contribution in [0.4, 0.5) is 5.69 Å². The van der Waals surface area contributed by atoms with Crippen LogP contribution >= 0.6 is 0 Å². The summed E-state index contributed by atoms with van der Waals surface area (Å²) in [5, 5.41) is 14.7. The van der Waals surface area contributed by atoms with Crippen molar-refractivity contribution in [1.82, 2.24) is 5.43 Å². The number of hydrazone groups is 1. The number of nitro benzene ring substituents is 1.